The molecule has 0 fully saturated rings. The molecule has 0 saturated carbocycles. The fraction of sp³-hybridized carbons (Fsp3) is 0.125. The Kier molecular flexibility index (Phi) is 4.85. The largest absolute Gasteiger partial charge is 0.497 e. The smallest absolute Gasteiger partial charge is 0.267 e. The Bertz CT molecular complexity index is 956. The molecule has 3 aromatic rings. The third kappa shape index (κ3) is 3.89. The highest BCUT2D eigenvalue weighted by molar-refractivity contribution is 7.13. The van der Waals surface area contributed by atoms with Crippen LogP contribution < -0.4 is 15.6 Å². The Morgan fingerprint density at radius 2 is 2.20 bits per heavy atom. The van der Waals surface area contributed by atoms with Gasteiger partial charge in [-0.1, -0.05) is 0 Å². The molecule has 25 heavy (non-hydrogen) atoms. The molecule has 2 aromatic heterocycles. The zero-order valence-corrected chi connectivity index (χ0v) is 13.9. The maximum Gasteiger partial charge on any atom is 0.267 e. The van der Waals surface area contributed by atoms with Crippen molar-refractivity contribution in [3.63, 3.8) is 0 Å². The van der Waals surface area contributed by atoms with E-state index in [0.29, 0.717) is 10.9 Å². The molecular weight excluding hydrogens is 347 g/mol. The average Bonchev–Trinajstić information content (AvgIpc) is 3.09. The van der Waals surface area contributed by atoms with Crippen LogP contribution in [0.1, 0.15) is 0 Å². The van der Waals surface area contributed by atoms with E-state index < -0.39 is 17.3 Å². The minimum Gasteiger partial charge on any atom is -0.497 e. The van der Waals surface area contributed by atoms with Crippen LogP contribution in [0, 0.1) is 5.82 Å². The van der Waals surface area contributed by atoms with Crippen molar-refractivity contribution in [1.82, 2.24) is 14.8 Å². The van der Waals surface area contributed by atoms with Gasteiger partial charge in [0.15, 0.2) is 5.13 Å². The van der Waals surface area contributed by atoms with E-state index in [1.807, 2.05) is 0 Å². The number of halogens is 1. The van der Waals surface area contributed by atoms with Crippen LogP contribution in [0.4, 0.5) is 9.52 Å². The molecule has 0 spiro atoms. The van der Waals surface area contributed by atoms with E-state index in [2.05, 4.69) is 15.4 Å². The maximum absolute atomic E-state index is 14.2. The number of ether oxygens (including phenoxy) is 1. The summed E-state index contributed by atoms with van der Waals surface area (Å²) in [5, 5.41) is 8.78. The molecule has 0 radical (unpaired) electrons. The van der Waals surface area contributed by atoms with Gasteiger partial charge in [0.05, 0.1) is 12.8 Å². The van der Waals surface area contributed by atoms with Crippen LogP contribution in [0.25, 0.3) is 11.3 Å². The fourth-order valence-electron chi connectivity index (χ4n) is 2.12. The quantitative estimate of drug-likeness (QED) is 0.753. The molecular formula is C16H13FN4O3S. The Morgan fingerprint density at radius 1 is 1.36 bits per heavy atom. The minimum atomic E-state index is -0.538. The molecule has 0 atom stereocenters. The van der Waals surface area contributed by atoms with Crippen LogP contribution in [0.2, 0.25) is 0 Å². The van der Waals surface area contributed by atoms with E-state index in [1.165, 1.54) is 42.7 Å². The maximum atomic E-state index is 14.2. The number of amides is 1. The summed E-state index contributed by atoms with van der Waals surface area (Å²) in [5.41, 5.74) is -0.0244. The number of aromatic nitrogens is 3. The number of thiazole rings is 1. The number of nitrogens with zero attached hydrogens (tertiary/aromatic N) is 3. The van der Waals surface area contributed by atoms with Gasteiger partial charge in [-0.3, -0.25) is 9.59 Å². The highest BCUT2D eigenvalue weighted by Gasteiger charge is 2.12. The molecule has 0 aliphatic rings. The summed E-state index contributed by atoms with van der Waals surface area (Å²) in [5.74, 6) is -0.612. The van der Waals surface area contributed by atoms with E-state index >= 15 is 0 Å². The summed E-state index contributed by atoms with van der Waals surface area (Å²) >= 11 is 1.26. The van der Waals surface area contributed by atoms with Crippen molar-refractivity contribution in [3.05, 3.63) is 58.1 Å². The van der Waals surface area contributed by atoms with Gasteiger partial charge in [-0.05, 0) is 18.2 Å². The van der Waals surface area contributed by atoms with Crippen molar-refractivity contribution in [2.24, 2.45) is 0 Å². The lowest BCUT2D eigenvalue weighted by molar-refractivity contribution is -0.117. The summed E-state index contributed by atoms with van der Waals surface area (Å²) < 4.78 is 20.1. The number of carbonyl (C=O) groups is 1. The fourth-order valence-corrected chi connectivity index (χ4v) is 2.66. The number of rotatable bonds is 5. The van der Waals surface area contributed by atoms with Crippen molar-refractivity contribution >= 4 is 22.4 Å². The number of anilines is 1. The number of hydrogen-bond acceptors (Lipinski definition) is 6. The van der Waals surface area contributed by atoms with Gasteiger partial charge in [-0.15, -0.1) is 11.3 Å². The monoisotopic (exact) mass is 360 g/mol. The first-order valence-electron chi connectivity index (χ1n) is 7.18. The second kappa shape index (κ2) is 7.22. The summed E-state index contributed by atoms with van der Waals surface area (Å²) in [6, 6.07) is 6.96. The van der Waals surface area contributed by atoms with Crippen molar-refractivity contribution in [2.75, 3.05) is 12.4 Å². The minimum absolute atomic E-state index is 0.204. The molecule has 9 heteroatoms. The van der Waals surface area contributed by atoms with Gasteiger partial charge >= 0.3 is 0 Å². The number of methoxy groups -OCH3 is 1. The highest BCUT2D eigenvalue weighted by atomic mass is 32.1. The van der Waals surface area contributed by atoms with Gasteiger partial charge in [-0.25, -0.2) is 14.1 Å². The topological polar surface area (TPSA) is 86.1 Å². The Hall–Kier alpha value is -3.07. The van der Waals surface area contributed by atoms with Gasteiger partial charge in [0.2, 0.25) is 5.91 Å². The molecule has 128 valence electrons. The van der Waals surface area contributed by atoms with Crippen LogP contribution in [0.15, 0.2) is 46.7 Å². The standard InChI is InChI=1S/C16H13FN4O3S/c1-24-10-2-3-11(12(17)8-10)13-4-5-15(23)21(20-13)9-14(22)19-16-18-6-7-25-16/h2-8H,9H2,1H3,(H,18,19,22). The van der Waals surface area contributed by atoms with Crippen molar-refractivity contribution in [2.45, 2.75) is 6.54 Å². The normalized spacial score (nSPS) is 10.5. The summed E-state index contributed by atoms with van der Waals surface area (Å²) in [7, 11) is 1.44. The Balaban J connectivity index is 1.85. The zero-order valence-electron chi connectivity index (χ0n) is 13.1. The van der Waals surface area contributed by atoms with Gasteiger partial charge in [0, 0.05) is 29.3 Å². The third-order valence-electron chi connectivity index (χ3n) is 3.29. The predicted octanol–water partition coefficient (Wildman–Crippen LogP) is 2.15. The number of hydrogen-bond donors (Lipinski definition) is 1. The summed E-state index contributed by atoms with van der Waals surface area (Å²) in [4.78, 5) is 27.8. The van der Waals surface area contributed by atoms with Gasteiger partial charge in [0.25, 0.3) is 5.56 Å². The number of benzene rings is 1. The molecule has 2 heterocycles. The molecule has 0 saturated heterocycles. The second-order valence-electron chi connectivity index (χ2n) is 4.95. The van der Waals surface area contributed by atoms with Gasteiger partial charge in [0.1, 0.15) is 18.1 Å². The molecule has 1 N–H and O–H groups in total. The van der Waals surface area contributed by atoms with E-state index in [1.54, 1.807) is 17.6 Å². The van der Waals surface area contributed by atoms with Crippen LogP contribution >= 0.6 is 11.3 Å². The lowest BCUT2D eigenvalue weighted by Crippen LogP contribution is -2.29. The number of nitrogens with one attached hydrogen (secondary N) is 1. The third-order valence-corrected chi connectivity index (χ3v) is 3.98. The second-order valence-corrected chi connectivity index (χ2v) is 5.84. The SMILES string of the molecule is COc1ccc(-c2ccc(=O)n(CC(=O)Nc3nccs3)n2)c(F)c1. The zero-order chi connectivity index (χ0) is 17.8. The average molecular weight is 360 g/mol. The molecule has 0 aliphatic carbocycles. The van der Waals surface area contributed by atoms with Crippen molar-refractivity contribution in [3.8, 4) is 17.0 Å². The van der Waals surface area contributed by atoms with Crippen molar-refractivity contribution in [1.29, 1.82) is 0 Å². The van der Waals surface area contributed by atoms with Crippen LogP contribution in [-0.4, -0.2) is 27.8 Å². The van der Waals surface area contributed by atoms with Gasteiger partial charge < -0.3 is 10.1 Å². The Labute approximate surface area is 145 Å². The molecule has 0 bridgehead atoms. The lowest BCUT2D eigenvalue weighted by Gasteiger charge is -2.08. The summed E-state index contributed by atoms with van der Waals surface area (Å²) in [6.07, 6.45) is 1.55. The Morgan fingerprint density at radius 3 is 2.88 bits per heavy atom. The first-order chi connectivity index (χ1) is 12.1. The summed E-state index contributed by atoms with van der Waals surface area (Å²) in [6.45, 7) is -0.302. The first-order valence-corrected chi connectivity index (χ1v) is 8.06. The first kappa shape index (κ1) is 16.8. The number of carbonyl (C=O) groups excluding carboxylic acids is 1. The van der Waals surface area contributed by atoms with Crippen molar-refractivity contribution < 1.29 is 13.9 Å². The molecule has 7 nitrogen and oxygen atoms in total. The van der Waals surface area contributed by atoms with E-state index in [4.69, 9.17) is 4.74 Å². The van der Waals surface area contributed by atoms with Crippen LogP contribution in [-0.2, 0) is 11.3 Å². The molecule has 0 aliphatic heterocycles. The van der Waals surface area contributed by atoms with E-state index in [0.717, 1.165) is 4.68 Å². The van der Waals surface area contributed by atoms with Crippen LogP contribution in [0.5, 0.6) is 5.75 Å². The molecule has 1 amide bonds. The van der Waals surface area contributed by atoms with Crippen LogP contribution in [0.3, 0.4) is 0 Å². The van der Waals surface area contributed by atoms with E-state index in [-0.39, 0.29) is 17.8 Å². The molecule has 3 rings (SSSR count). The lowest BCUT2D eigenvalue weighted by atomic mass is 10.1. The van der Waals surface area contributed by atoms with Gasteiger partial charge in [-0.2, -0.15) is 5.10 Å². The highest BCUT2D eigenvalue weighted by Crippen LogP contribution is 2.24. The van der Waals surface area contributed by atoms with E-state index in [9.17, 15) is 14.0 Å². The molecule has 1 aromatic carbocycles. The predicted molar refractivity (Wildman–Crippen MR) is 91.2 cm³/mol. The molecule has 0 unspecified atom stereocenters.